The quantitative estimate of drug-likeness (QED) is 0.0282. The van der Waals surface area contributed by atoms with E-state index >= 15 is 4.79 Å². The number of ketones is 1. The lowest BCUT2D eigenvalue weighted by atomic mass is 9.44. The molecule has 0 radical (unpaired) electrons. The first kappa shape index (κ1) is 51.1. The molecular formula is C46H59NO18S. The van der Waals surface area contributed by atoms with Crippen LogP contribution >= 0.6 is 12.0 Å². The average molecular weight is 946 g/mol. The standard InChI is InChI=1S/C46H59NO18S/c1-26(29-14-9-7-10-15-29)37(60-34(50)24-57-20-19-56-18-13-21-66-65-64-63-47)42(54)59-31-23-46(55)40(61-41(53)30-16-11-8-12-17-30)38-44(6,39(52)36(51)35(27(31)2)43(46,4)5)32(49)22-33-45(38,25-58-33)62-28(3)48/h7-12,14-17,26,31-33,36-38,40,49,51,55H,13,18-25,47H2,1-6H3/t26?,31?,32?,33?,36?,37?,38?,40?,44?,45-,46?/m0/s1. The Bertz CT molecular complexity index is 2090. The van der Waals surface area contributed by atoms with Crippen molar-refractivity contribution in [2.45, 2.75) is 115 Å². The number of Topliss-reactive ketones (excluding diaryl/α,β-unsaturated/α-hetero) is 1. The van der Waals surface area contributed by atoms with E-state index < -0.39 is 113 Å². The first-order valence-corrected chi connectivity index (χ1v) is 22.6. The summed E-state index contributed by atoms with van der Waals surface area (Å²) in [6, 6.07) is 16.7. The maximum absolute atomic E-state index is 15.1. The van der Waals surface area contributed by atoms with Gasteiger partial charge in [-0.1, -0.05) is 69.3 Å². The van der Waals surface area contributed by atoms with Crippen LogP contribution in [-0.4, -0.2) is 132 Å². The summed E-state index contributed by atoms with van der Waals surface area (Å²) in [7, 11) is 0. The van der Waals surface area contributed by atoms with Crippen molar-refractivity contribution in [2.24, 2.45) is 22.6 Å². The second kappa shape index (κ2) is 21.3. The van der Waals surface area contributed by atoms with Gasteiger partial charge in [-0.25, -0.2) is 14.4 Å². The van der Waals surface area contributed by atoms with Crippen LogP contribution in [0.2, 0.25) is 0 Å². The first-order chi connectivity index (χ1) is 31.3. The molecule has 0 aromatic heterocycles. The number of carbonyl (C=O) groups is 5. The van der Waals surface area contributed by atoms with Gasteiger partial charge in [0, 0.05) is 55.5 Å². The van der Waals surface area contributed by atoms with Crippen LogP contribution < -0.4 is 5.90 Å². The van der Waals surface area contributed by atoms with E-state index in [2.05, 4.69) is 14.4 Å². The van der Waals surface area contributed by atoms with Crippen molar-refractivity contribution >= 4 is 41.7 Å². The minimum Gasteiger partial charge on any atom is -0.455 e. The second-order valence-corrected chi connectivity index (χ2v) is 18.6. The number of fused-ring (bicyclic) bond motifs is 5. The number of hydrogen-bond acceptors (Lipinski definition) is 20. The normalized spacial score (nSPS) is 30.8. The fourth-order valence-electron chi connectivity index (χ4n) is 10.1. The molecule has 0 spiro atoms. The van der Waals surface area contributed by atoms with Gasteiger partial charge in [0.05, 0.1) is 42.8 Å². The minimum atomic E-state index is -2.34. The van der Waals surface area contributed by atoms with Crippen LogP contribution in [0.25, 0.3) is 0 Å². The molecule has 362 valence electrons. The van der Waals surface area contributed by atoms with E-state index in [-0.39, 0.29) is 43.0 Å². The summed E-state index contributed by atoms with van der Waals surface area (Å²) in [5, 5.41) is 41.9. The summed E-state index contributed by atoms with van der Waals surface area (Å²) >= 11 is 0.962. The smallest absolute Gasteiger partial charge is 0.348 e. The van der Waals surface area contributed by atoms with Gasteiger partial charge in [0.1, 0.15) is 36.6 Å². The summed E-state index contributed by atoms with van der Waals surface area (Å²) in [6.45, 7) is 8.59. The molecule has 3 aliphatic carbocycles. The summed E-state index contributed by atoms with van der Waals surface area (Å²) in [6.07, 6.45) is -9.41. The lowest BCUT2D eigenvalue weighted by Crippen LogP contribution is -2.81. The molecule has 2 bridgehead atoms. The van der Waals surface area contributed by atoms with Gasteiger partial charge in [-0.3, -0.25) is 9.59 Å². The molecule has 0 amide bonds. The van der Waals surface area contributed by atoms with Gasteiger partial charge in [0.2, 0.25) is 6.10 Å². The Morgan fingerprint density at radius 3 is 2.26 bits per heavy atom. The van der Waals surface area contributed by atoms with Crippen LogP contribution in [0.1, 0.15) is 82.6 Å². The zero-order chi connectivity index (χ0) is 48.0. The molecule has 20 heteroatoms. The molecule has 2 aromatic rings. The third-order valence-corrected chi connectivity index (χ3v) is 14.3. The molecule has 1 aliphatic heterocycles. The molecule has 3 fully saturated rings. The van der Waals surface area contributed by atoms with Gasteiger partial charge < -0.3 is 48.5 Å². The second-order valence-electron chi connectivity index (χ2n) is 17.8. The fourth-order valence-corrected chi connectivity index (χ4v) is 10.5. The zero-order valence-electron chi connectivity index (χ0n) is 37.7. The number of benzene rings is 2. The highest BCUT2D eigenvalue weighted by Crippen LogP contribution is 2.64. The van der Waals surface area contributed by atoms with Crippen LogP contribution in [0.4, 0.5) is 0 Å². The van der Waals surface area contributed by atoms with Gasteiger partial charge in [-0.2, -0.15) is 5.90 Å². The van der Waals surface area contributed by atoms with E-state index in [0.29, 0.717) is 24.3 Å². The number of ether oxygens (including phenoxy) is 7. The molecule has 66 heavy (non-hydrogen) atoms. The van der Waals surface area contributed by atoms with Gasteiger partial charge in [0.15, 0.2) is 11.4 Å². The Labute approximate surface area is 386 Å². The van der Waals surface area contributed by atoms with Crippen molar-refractivity contribution in [2.75, 3.05) is 38.8 Å². The molecule has 2 aromatic carbocycles. The molecule has 1 saturated heterocycles. The highest BCUT2D eigenvalue weighted by molar-refractivity contribution is 7.94. The first-order valence-electron chi connectivity index (χ1n) is 21.7. The predicted octanol–water partition coefficient (Wildman–Crippen LogP) is 3.17. The molecule has 2 saturated carbocycles. The summed E-state index contributed by atoms with van der Waals surface area (Å²) in [5.41, 5.74) is -6.86. The molecular weight excluding hydrogens is 887 g/mol. The highest BCUT2D eigenvalue weighted by Gasteiger charge is 2.78. The largest absolute Gasteiger partial charge is 0.455 e. The van der Waals surface area contributed by atoms with Crippen LogP contribution in [0, 0.1) is 16.7 Å². The molecule has 1 heterocycles. The Kier molecular flexibility index (Phi) is 16.5. The maximum atomic E-state index is 15.1. The monoisotopic (exact) mass is 945 g/mol. The minimum absolute atomic E-state index is 0.0230. The fraction of sp³-hybridized carbons (Fsp3) is 0.587. The van der Waals surface area contributed by atoms with Crippen LogP contribution in [0.5, 0.6) is 0 Å². The van der Waals surface area contributed by atoms with E-state index in [9.17, 15) is 34.5 Å². The number of hydrogen-bond donors (Lipinski definition) is 4. The lowest BCUT2D eigenvalue weighted by molar-refractivity contribution is -0.464. The van der Waals surface area contributed by atoms with E-state index in [4.69, 9.17) is 39.1 Å². The maximum Gasteiger partial charge on any atom is 0.348 e. The number of rotatable bonds is 20. The van der Waals surface area contributed by atoms with Gasteiger partial charge in [0.25, 0.3) is 0 Å². The van der Waals surface area contributed by atoms with Crippen molar-refractivity contribution in [3.05, 3.63) is 82.9 Å². The van der Waals surface area contributed by atoms with E-state index in [1.807, 2.05) is 0 Å². The Morgan fingerprint density at radius 1 is 0.955 bits per heavy atom. The molecule has 4 aliphatic rings. The van der Waals surface area contributed by atoms with Crippen molar-refractivity contribution in [3.8, 4) is 0 Å². The summed E-state index contributed by atoms with van der Waals surface area (Å²) in [4.78, 5) is 74.0. The van der Waals surface area contributed by atoms with Gasteiger partial charge in [-0.15, -0.1) is 9.32 Å². The number of esters is 4. The Morgan fingerprint density at radius 2 is 1.62 bits per heavy atom. The van der Waals surface area contributed by atoms with E-state index in [1.165, 1.54) is 19.1 Å². The van der Waals surface area contributed by atoms with Crippen LogP contribution in [-0.2, 0) is 66.7 Å². The molecule has 11 atom stereocenters. The van der Waals surface area contributed by atoms with Crippen molar-refractivity contribution in [1.29, 1.82) is 0 Å². The summed E-state index contributed by atoms with van der Waals surface area (Å²) in [5.74, 6) is -1.60. The topological polar surface area (TPSA) is 264 Å². The third kappa shape index (κ3) is 9.95. The molecule has 6 rings (SSSR count). The summed E-state index contributed by atoms with van der Waals surface area (Å²) < 4.78 is 45.8. The third-order valence-electron chi connectivity index (χ3n) is 13.7. The lowest BCUT2D eigenvalue weighted by Gasteiger charge is -2.67. The average Bonchev–Trinajstić information content (AvgIpc) is 3.28. The SMILES string of the molecule is CC(=O)O[C@@]12COC1CC(O)C1(C)C(=O)C(O)C3=C(C)C(OC(=O)C(OC(=O)COCCOCCCSOOON)C(C)c4ccccc4)CC(O)(C(OC(=O)c4ccccc4)C12)C3(C)C. The van der Waals surface area contributed by atoms with E-state index in [1.54, 1.807) is 76.2 Å². The highest BCUT2D eigenvalue weighted by atomic mass is 32.2. The predicted molar refractivity (Wildman–Crippen MR) is 230 cm³/mol. The Balaban J connectivity index is 1.33. The van der Waals surface area contributed by atoms with Gasteiger partial charge in [-0.05, 0) is 54.1 Å². The zero-order valence-corrected chi connectivity index (χ0v) is 38.5. The molecule has 5 N–H and O–H groups in total. The van der Waals surface area contributed by atoms with Crippen molar-refractivity contribution in [1.82, 2.24) is 0 Å². The molecule has 19 nitrogen and oxygen atoms in total. The van der Waals surface area contributed by atoms with Crippen molar-refractivity contribution in [3.63, 3.8) is 0 Å². The number of carbonyl (C=O) groups excluding carboxylic acids is 5. The molecule has 10 unspecified atom stereocenters. The van der Waals surface area contributed by atoms with Crippen LogP contribution in [0.15, 0.2) is 71.8 Å². The Hall–Kier alpha value is -4.32. The number of aliphatic hydroxyl groups excluding tert-OH is 2. The number of nitrogens with two attached hydrogens (primary N) is 1. The van der Waals surface area contributed by atoms with Crippen LogP contribution in [0.3, 0.4) is 0 Å². The van der Waals surface area contributed by atoms with E-state index in [0.717, 1.165) is 19.0 Å². The van der Waals surface area contributed by atoms with Crippen molar-refractivity contribution < 1.29 is 86.8 Å². The number of aliphatic hydroxyl groups is 3. The van der Waals surface area contributed by atoms with Gasteiger partial charge >= 0.3 is 23.9 Å².